The van der Waals surface area contributed by atoms with Gasteiger partial charge in [-0.05, 0) is 20.4 Å². The van der Waals surface area contributed by atoms with Crippen LogP contribution in [0.1, 0.15) is 20.8 Å². The molecule has 0 fully saturated rings. The molecule has 1 unspecified atom stereocenters. The first-order chi connectivity index (χ1) is 7.10. The first-order valence-electron chi connectivity index (χ1n) is 5.31. The first kappa shape index (κ1) is 15.7. The first-order valence-corrected chi connectivity index (χ1v) is 5.31. The normalized spacial score (nSPS) is 15.6. The minimum atomic E-state index is -4.28. The van der Waals surface area contributed by atoms with E-state index in [0.29, 0.717) is 6.54 Å². The maximum Gasteiger partial charge on any atom is 0.394 e. The van der Waals surface area contributed by atoms with Gasteiger partial charge in [-0.25, -0.2) is 0 Å². The van der Waals surface area contributed by atoms with Gasteiger partial charge < -0.3 is 15.7 Å². The molecule has 0 heterocycles. The molecular weight excluding hydrogens is 221 g/mol. The predicted molar refractivity (Wildman–Crippen MR) is 57.0 cm³/mol. The van der Waals surface area contributed by atoms with Gasteiger partial charge in [0.15, 0.2) is 0 Å². The van der Waals surface area contributed by atoms with E-state index in [1.807, 2.05) is 0 Å². The summed E-state index contributed by atoms with van der Waals surface area (Å²) in [6, 6.07) is 0. The van der Waals surface area contributed by atoms with Crippen LogP contribution in [0.3, 0.4) is 0 Å². The van der Waals surface area contributed by atoms with Crippen molar-refractivity contribution >= 4 is 0 Å². The second-order valence-corrected chi connectivity index (χ2v) is 4.61. The van der Waals surface area contributed by atoms with E-state index < -0.39 is 24.2 Å². The predicted octanol–water partition coefficient (Wildman–Crippen LogP) is 1.22. The molecule has 1 atom stereocenters. The van der Waals surface area contributed by atoms with Gasteiger partial charge in [-0.2, -0.15) is 13.2 Å². The zero-order valence-electron chi connectivity index (χ0n) is 10.0. The number of likely N-dealkylation sites (N-methyl/N-ethyl adjacent to an activating group) is 1. The van der Waals surface area contributed by atoms with E-state index in [0.717, 1.165) is 0 Å². The molecule has 0 aliphatic rings. The van der Waals surface area contributed by atoms with Crippen LogP contribution in [0.15, 0.2) is 0 Å². The molecule has 0 radical (unpaired) electrons. The van der Waals surface area contributed by atoms with Crippen LogP contribution in [0.25, 0.3) is 0 Å². The van der Waals surface area contributed by atoms with Crippen LogP contribution in [0, 0.1) is 5.92 Å². The minimum Gasteiger partial charge on any atom is -0.389 e. The highest BCUT2D eigenvalue weighted by Crippen LogP contribution is 2.26. The van der Waals surface area contributed by atoms with Crippen LogP contribution in [0.5, 0.6) is 0 Å². The summed E-state index contributed by atoms with van der Waals surface area (Å²) in [6.07, 6.45) is -4.28. The van der Waals surface area contributed by atoms with Crippen LogP contribution in [-0.2, 0) is 0 Å². The van der Waals surface area contributed by atoms with Gasteiger partial charge in [0.05, 0.1) is 11.5 Å². The molecule has 3 N–H and O–H groups in total. The fraction of sp³-hybridized carbons (Fsp3) is 1.00. The lowest BCUT2D eigenvalue weighted by molar-refractivity contribution is -0.177. The Morgan fingerprint density at radius 3 is 2.06 bits per heavy atom. The standard InChI is InChI=1S/C10H21F3N2O/c1-4-15(7-9(2,3)16)6-8(5-14)10(11,12)13/h8,16H,4-7,14H2,1-3H3. The number of hydrogen-bond donors (Lipinski definition) is 2. The van der Waals surface area contributed by atoms with E-state index in [1.54, 1.807) is 25.7 Å². The fourth-order valence-corrected chi connectivity index (χ4v) is 1.48. The number of hydrogen-bond acceptors (Lipinski definition) is 3. The van der Waals surface area contributed by atoms with Crippen LogP contribution in [0.4, 0.5) is 13.2 Å². The van der Waals surface area contributed by atoms with Crippen molar-refractivity contribution in [3.63, 3.8) is 0 Å². The molecule has 0 aliphatic heterocycles. The summed E-state index contributed by atoms with van der Waals surface area (Å²) in [5, 5.41) is 9.55. The molecule has 3 nitrogen and oxygen atoms in total. The molecule has 0 bridgehead atoms. The summed E-state index contributed by atoms with van der Waals surface area (Å²) in [4.78, 5) is 1.56. The van der Waals surface area contributed by atoms with Gasteiger partial charge >= 0.3 is 6.18 Å². The smallest absolute Gasteiger partial charge is 0.389 e. The molecule has 0 aromatic rings. The van der Waals surface area contributed by atoms with Gasteiger partial charge in [-0.3, -0.25) is 0 Å². The summed E-state index contributed by atoms with van der Waals surface area (Å²) in [7, 11) is 0. The molecular formula is C10H21F3N2O. The van der Waals surface area contributed by atoms with Crippen molar-refractivity contribution < 1.29 is 18.3 Å². The van der Waals surface area contributed by atoms with Crippen LogP contribution in [0.2, 0.25) is 0 Å². The van der Waals surface area contributed by atoms with Crippen molar-refractivity contribution in [1.82, 2.24) is 4.90 Å². The molecule has 0 aromatic heterocycles. The van der Waals surface area contributed by atoms with E-state index in [9.17, 15) is 18.3 Å². The summed E-state index contributed by atoms with van der Waals surface area (Å²) >= 11 is 0. The maximum absolute atomic E-state index is 12.5. The minimum absolute atomic E-state index is 0.166. The van der Waals surface area contributed by atoms with Gasteiger partial charge in [0.25, 0.3) is 0 Å². The highest BCUT2D eigenvalue weighted by atomic mass is 19.4. The highest BCUT2D eigenvalue weighted by Gasteiger charge is 2.39. The van der Waals surface area contributed by atoms with Crippen molar-refractivity contribution in [2.24, 2.45) is 11.7 Å². The third-order valence-corrected chi connectivity index (χ3v) is 2.28. The van der Waals surface area contributed by atoms with Crippen LogP contribution < -0.4 is 5.73 Å². The average molecular weight is 242 g/mol. The van der Waals surface area contributed by atoms with Gasteiger partial charge in [-0.15, -0.1) is 0 Å². The lowest BCUT2D eigenvalue weighted by Crippen LogP contribution is -2.45. The zero-order valence-corrected chi connectivity index (χ0v) is 10.0. The second kappa shape index (κ2) is 5.84. The summed E-state index contributed by atoms with van der Waals surface area (Å²) in [6.45, 7) is 4.97. The van der Waals surface area contributed by atoms with Crippen LogP contribution in [-0.4, -0.2) is 48.0 Å². The largest absolute Gasteiger partial charge is 0.394 e. The lowest BCUT2D eigenvalue weighted by Gasteiger charge is -2.31. The Balaban J connectivity index is 4.40. The van der Waals surface area contributed by atoms with E-state index in [2.05, 4.69) is 0 Å². The number of aliphatic hydroxyl groups is 1. The maximum atomic E-state index is 12.5. The van der Waals surface area contributed by atoms with E-state index >= 15 is 0 Å². The Morgan fingerprint density at radius 1 is 1.31 bits per heavy atom. The highest BCUT2D eigenvalue weighted by molar-refractivity contribution is 4.77. The monoisotopic (exact) mass is 242 g/mol. The molecule has 0 saturated carbocycles. The third kappa shape index (κ3) is 6.30. The Labute approximate surface area is 94.4 Å². The Hall–Kier alpha value is -0.330. The van der Waals surface area contributed by atoms with Crippen molar-refractivity contribution in [2.75, 3.05) is 26.2 Å². The topological polar surface area (TPSA) is 49.5 Å². The van der Waals surface area contributed by atoms with Crippen molar-refractivity contribution in [2.45, 2.75) is 32.5 Å². The Morgan fingerprint density at radius 2 is 1.81 bits per heavy atom. The van der Waals surface area contributed by atoms with Crippen molar-refractivity contribution in [1.29, 1.82) is 0 Å². The SMILES string of the molecule is CCN(CC(CN)C(F)(F)F)CC(C)(C)O. The molecule has 0 rings (SSSR count). The molecule has 0 amide bonds. The summed E-state index contributed by atoms with van der Waals surface area (Å²) in [5.74, 6) is -1.53. The molecule has 0 aromatic carbocycles. The van der Waals surface area contributed by atoms with Crippen molar-refractivity contribution in [3.05, 3.63) is 0 Å². The average Bonchev–Trinajstić information content (AvgIpc) is 2.07. The van der Waals surface area contributed by atoms with E-state index in [-0.39, 0.29) is 13.1 Å². The molecule has 98 valence electrons. The summed E-state index contributed by atoms with van der Waals surface area (Å²) in [5.41, 5.74) is 4.12. The third-order valence-electron chi connectivity index (χ3n) is 2.28. The quantitative estimate of drug-likeness (QED) is 0.736. The zero-order chi connectivity index (χ0) is 13.0. The number of rotatable bonds is 6. The number of alkyl halides is 3. The molecule has 6 heteroatoms. The van der Waals surface area contributed by atoms with E-state index in [4.69, 9.17) is 5.73 Å². The van der Waals surface area contributed by atoms with Gasteiger partial charge in [0, 0.05) is 19.6 Å². The fourth-order valence-electron chi connectivity index (χ4n) is 1.48. The summed E-state index contributed by atoms with van der Waals surface area (Å²) < 4.78 is 37.4. The second-order valence-electron chi connectivity index (χ2n) is 4.61. The number of halogens is 3. The van der Waals surface area contributed by atoms with Crippen molar-refractivity contribution in [3.8, 4) is 0 Å². The molecule has 0 aliphatic carbocycles. The van der Waals surface area contributed by atoms with Gasteiger partial charge in [0.1, 0.15) is 0 Å². The Bertz CT molecular complexity index is 201. The van der Waals surface area contributed by atoms with Gasteiger partial charge in [-0.1, -0.05) is 6.92 Å². The molecule has 16 heavy (non-hydrogen) atoms. The molecule has 0 spiro atoms. The number of nitrogens with zero attached hydrogens (tertiary/aromatic N) is 1. The molecule has 0 saturated heterocycles. The van der Waals surface area contributed by atoms with E-state index in [1.165, 1.54) is 0 Å². The lowest BCUT2D eigenvalue weighted by atomic mass is 10.1. The number of nitrogens with two attached hydrogens (primary N) is 1. The van der Waals surface area contributed by atoms with Crippen LogP contribution >= 0.6 is 0 Å². The Kier molecular flexibility index (Phi) is 5.72. The van der Waals surface area contributed by atoms with Gasteiger partial charge in [0.2, 0.25) is 0 Å².